The Labute approximate surface area is 222 Å². The van der Waals surface area contributed by atoms with Gasteiger partial charge in [-0.15, -0.1) is 24.0 Å². The van der Waals surface area contributed by atoms with Crippen molar-refractivity contribution in [2.24, 2.45) is 10.9 Å². The number of piperidine rings is 1. The quantitative estimate of drug-likeness (QED) is 0.264. The maximum Gasteiger partial charge on any atom is 0.191 e. The van der Waals surface area contributed by atoms with Gasteiger partial charge in [-0.2, -0.15) is 0 Å². The average molecular weight is 577 g/mol. The van der Waals surface area contributed by atoms with Crippen LogP contribution in [0.5, 0.6) is 0 Å². The van der Waals surface area contributed by atoms with Crippen molar-refractivity contribution >= 4 is 29.9 Å². The van der Waals surface area contributed by atoms with E-state index in [9.17, 15) is 0 Å². The highest BCUT2D eigenvalue weighted by molar-refractivity contribution is 14.0. The van der Waals surface area contributed by atoms with Gasteiger partial charge in [0.05, 0.1) is 6.10 Å². The number of ether oxygens (including phenoxy) is 1. The molecule has 2 aromatic carbocycles. The molecule has 0 bridgehead atoms. The molecule has 2 aromatic rings. The number of aliphatic imine (C=N–C) groups is 1. The van der Waals surface area contributed by atoms with Crippen LogP contribution in [0.25, 0.3) is 0 Å². The fourth-order valence-electron chi connectivity index (χ4n) is 5.17. The second-order valence-corrected chi connectivity index (χ2v) is 9.49. The van der Waals surface area contributed by atoms with Crippen molar-refractivity contribution in [1.82, 2.24) is 15.5 Å². The summed E-state index contributed by atoms with van der Waals surface area (Å²) >= 11 is 0. The van der Waals surface area contributed by atoms with Gasteiger partial charge in [-0.25, -0.2) is 0 Å². The van der Waals surface area contributed by atoms with Gasteiger partial charge in [0.2, 0.25) is 0 Å². The van der Waals surface area contributed by atoms with E-state index in [-0.39, 0.29) is 30.1 Å². The van der Waals surface area contributed by atoms with Gasteiger partial charge in [-0.1, -0.05) is 60.7 Å². The maximum absolute atomic E-state index is 6.18. The molecule has 0 aromatic heterocycles. The zero-order valence-corrected chi connectivity index (χ0v) is 23.0. The lowest BCUT2D eigenvalue weighted by Gasteiger charge is -2.38. The number of hydrogen-bond donors (Lipinski definition) is 2. The first-order valence-corrected chi connectivity index (χ1v) is 12.7. The molecule has 2 fully saturated rings. The number of nitrogens with zero attached hydrogens (tertiary/aromatic N) is 2. The highest BCUT2D eigenvalue weighted by atomic mass is 127. The first-order valence-electron chi connectivity index (χ1n) is 12.7. The molecular weight excluding hydrogens is 535 g/mol. The van der Waals surface area contributed by atoms with E-state index < -0.39 is 0 Å². The molecule has 0 saturated carbocycles. The van der Waals surface area contributed by atoms with E-state index in [0.29, 0.717) is 18.0 Å². The Balaban J connectivity index is 0.00000324. The number of likely N-dealkylation sites (tertiary alicyclic amines) is 1. The lowest BCUT2D eigenvalue weighted by atomic mass is 9.89. The van der Waals surface area contributed by atoms with E-state index in [0.717, 1.165) is 64.4 Å². The normalized spacial score (nSPS) is 25.9. The number of benzene rings is 2. The zero-order valence-electron chi connectivity index (χ0n) is 20.7. The SMILES string of the molecule is CCNC(=NCC1CCCOC1c1ccccc1)NC1CCN(Cc2ccccc2)C(C)C1.I. The molecule has 0 amide bonds. The summed E-state index contributed by atoms with van der Waals surface area (Å²) in [6.45, 7) is 9.14. The third-order valence-corrected chi connectivity index (χ3v) is 6.98. The van der Waals surface area contributed by atoms with Crippen molar-refractivity contribution in [1.29, 1.82) is 0 Å². The number of halogens is 1. The van der Waals surface area contributed by atoms with Gasteiger partial charge in [0.15, 0.2) is 5.96 Å². The van der Waals surface area contributed by atoms with Crippen LogP contribution in [0.3, 0.4) is 0 Å². The van der Waals surface area contributed by atoms with Crippen LogP contribution in [-0.4, -0.2) is 49.2 Å². The fourth-order valence-corrected chi connectivity index (χ4v) is 5.17. The predicted molar refractivity (Wildman–Crippen MR) is 152 cm³/mol. The minimum Gasteiger partial charge on any atom is -0.373 e. The van der Waals surface area contributed by atoms with Crippen LogP contribution in [0.2, 0.25) is 0 Å². The molecule has 5 nitrogen and oxygen atoms in total. The summed E-state index contributed by atoms with van der Waals surface area (Å²) in [6, 6.07) is 22.4. The Hall–Kier alpha value is -1.64. The number of rotatable bonds is 7. The molecule has 0 aliphatic carbocycles. The molecular formula is C28H41IN4O. The standard InChI is InChI=1S/C28H40N4O.HI/c1-3-29-28(30-20-25-15-10-18-33-27(25)24-13-8-5-9-14-24)31-26-16-17-32(22(2)19-26)21-23-11-6-4-7-12-23;/h4-9,11-14,22,25-27H,3,10,15-21H2,1-2H3,(H2,29,30,31);1H. The van der Waals surface area contributed by atoms with Crippen molar-refractivity contribution < 1.29 is 4.74 Å². The first-order chi connectivity index (χ1) is 16.2. The molecule has 186 valence electrons. The van der Waals surface area contributed by atoms with E-state index in [1.54, 1.807) is 0 Å². The van der Waals surface area contributed by atoms with Gasteiger partial charge in [-0.05, 0) is 50.7 Å². The molecule has 4 unspecified atom stereocenters. The van der Waals surface area contributed by atoms with E-state index in [4.69, 9.17) is 9.73 Å². The van der Waals surface area contributed by atoms with E-state index >= 15 is 0 Å². The molecule has 2 heterocycles. The largest absolute Gasteiger partial charge is 0.373 e. The minimum atomic E-state index is 0. The van der Waals surface area contributed by atoms with Crippen LogP contribution < -0.4 is 10.6 Å². The monoisotopic (exact) mass is 576 g/mol. The van der Waals surface area contributed by atoms with Crippen LogP contribution in [-0.2, 0) is 11.3 Å². The van der Waals surface area contributed by atoms with Gasteiger partial charge in [0, 0.05) is 50.8 Å². The average Bonchev–Trinajstić information content (AvgIpc) is 2.86. The van der Waals surface area contributed by atoms with Gasteiger partial charge in [0.1, 0.15) is 0 Å². The van der Waals surface area contributed by atoms with Crippen molar-refractivity contribution in [3.63, 3.8) is 0 Å². The highest BCUT2D eigenvalue weighted by Gasteiger charge is 2.28. The maximum atomic E-state index is 6.18. The summed E-state index contributed by atoms with van der Waals surface area (Å²) in [5.41, 5.74) is 2.67. The van der Waals surface area contributed by atoms with Gasteiger partial charge >= 0.3 is 0 Å². The summed E-state index contributed by atoms with van der Waals surface area (Å²) in [7, 11) is 0. The summed E-state index contributed by atoms with van der Waals surface area (Å²) in [5, 5.41) is 7.21. The topological polar surface area (TPSA) is 48.9 Å². The molecule has 0 radical (unpaired) electrons. The second kappa shape index (κ2) is 14.0. The summed E-state index contributed by atoms with van der Waals surface area (Å²) in [4.78, 5) is 7.62. The molecule has 34 heavy (non-hydrogen) atoms. The van der Waals surface area contributed by atoms with E-state index in [1.165, 1.54) is 11.1 Å². The van der Waals surface area contributed by atoms with Gasteiger partial charge < -0.3 is 15.4 Å². The Morgan fingerprint density at radius 3 is 2.50 bits per heavy atom. The summed E-state index contributed by atoms with van der Waals surface area (Å²) in [5.74, 6) is 1.37. The number of nitrogens with one attached hydrogen (secondary N) is 2. The zero-order chi connectivity index (χ0) is 22.9. The van der Waals surface area contributed by atoms with Gasteiger partial charge in [-0.3, -0.25) is 9.89 Å². The minimum absolute atomic E-state index is 0. The molecule has 2 aliphatic heterocycles. The molecule has 4 rings (SSSR count). The molecule has 0 spiro atoms. The summed E-state index contributed by atoms with van der Waals surface area (Å²) in [6.07, 6.45) is 4.70. The summed E-state index contributed by atoms with van der Waals surface area (Å²) < 4.78 is 6.18. The van der Waals surface area contributed by atoms with Crippen LogP contribution in [0.15, 0.2) is 65.7 Å². The lowest BCUT2D eigenvalue weighted by Crippen LogP contribution is -2.51. The van der Waals surface area contributed by atoms with Crippen LogP contribution in [0.1, 0.15) is 56.8 Å². The first kappa shape index (κ1) is 27.0. The fraction of sp³-hybridized carbons (Fsp3) is 0.536. The molecule has 2 saturated heterocycles. The molecule has 6 heteroatoms. The molecule has 2 N–H and O–H groups in total. The van der Waals surface area contributed by atoms with Crippen LogP contribution in [0, 0.1) is 5.92 Å². The van der Waals surface area contributed by atoms with E-state index in [1.807, 2.05) is 0 Å². The Kier molecular flexibility index (Phi) is 11.1. The smallest absolute Gasteiger partial charge is 0.191 e. The Bertz CT molecular complexity index is 863. The third kappa shape index (κ3) is 7.68. The molecule has 4 atom stereocenters. The second-order valence-electron chi connectivity index (χ2n) is 9.49. The van der Waals surface area contributed by atoms with E-state index in [2.05, 4.69) is 90.0 Å². The lowest BCUT2D eigenvalue weighted by molar-refractivity contribution is -0.0250. The Morgan fingerprint density at radius 2 is 1.79 bits per heavy atom. The Morgan fingerprint density at radius 1 is 1.06 bits per heavy atom. The molecule has 2 aliphatic rings. The van der Waals surface area contributed by atoms with Crippen LogP contribution >= 0.6 is 24.0 Å². The van der Waals surface area contributed by atoms with Crippen molar-refractivity contribution in [2.75, 3.05) is 26.2 Å². The van der Waals surface area contributed by atoms with Gasteiger partial charge in [0.25, 0.3) is 0 Å². The van der Waals surface area contributed by atoms with Crippen molar-refractivity contribution in [3.8, 4) is 0 Å². The van der Waals surface area contributed by atoms with Crippen molar-refractivity contribution in [2.45, 2.75) is 64.3 Å². The predicted octanol–water partition coefficient (Wildman–Crippen LogP) is 5.38. The number of guanidine groups is 1. The highest BCUT2D eigenvalue weighted by Crippen LogP contribution is 2.33. The third-order valence-electron chi connectivity index (χ3n) is 6.98. The van der Waals surface area contributed by atoms with Crippen molar-refractivity contribution in [3.05, 3.63) is 71.8 Å². The van der Waals surface area contributed by atoms with Crippen LogP contribution in [0.4, 0.5) is 0 Å². The number of hydrogen-bond acceptors (Lipinski definition) is 3.